The summed E-state index contributed by atoms with van der Waals surface area (Å²) in [5.41, 5.74) is -2.43. The summed E-state index contributed by atoms with van der Waals surface area (Å²) in [6.07, 6.45) is -8.84. The van der Waals surface area contributed by atoms with Crippen LogP contribution in [-0.4, -0.2) is 71.8 Å². The topological polar surface area (TPSA) is 99.0 Å². The molecule has 2 aliphatic rings. The molecule has 0 spiro atoms. The number of hydrogen-bond donors (Lipinski definition) is 1. The first-order valence-electron chi connectivity index (χ1n) is 12.8. The van der Waals surface area contributed by atoms with Gasteiger partial charge in [0.15, 0.2) is 0 Å². The van der Waals surface area contributed by atoms with Crippen LogP contribution in [0.4, 0.5) is 43.4 Å². The maximum atomic E-state index is 13.2. The molecule has 2 aromatic carbocycles. The number of nitrogens with one attached hydrogen (secondary N) is 1. The minimum atomic E-state index is -4.89. The third-order valence-electron chi connectivity index (χ3n) is 7.21. The second-order valence-electron chi connectivity index (χ2n) is 9.88. The van der Waals surface area contributed by atoms with Crippen molar-refractivity contribution < 1.29 is 40.9 Å². The molecule has 9 nitrogen and oxygen atoms in total. The zero-order chi connectivity index (χ0) is 29.9. The molecule has 2 heterocycles. The minimum absolute atomic E-state index is 0.0818. The first-order chi connectivity index (χ1) is 19.2. The molecule has 0 bridgehead atoms. The number of nitro groups is 1. The minimum Gasteiger partial charge on any atom is -0.382 e. The van der Waals surface area contributed by atoms with E-state index in [1.165, 1.54) is 23.1 Å². The van der Waals surface area contributed by atoms with Gasteiger partial charge >= 0.3 is 12.4 Å². The van der Waals surface area contributed by atoms with Gasteiger partial charge in [-0.15, -0.1) is 0 Å². The molecule has 0 atom stereocenters. The fourth-order valence-corrected chi connectivity index (χ4v) is 4.95. The first kappa shape index (κ1) is 29.9. The van der Waals surface area contributed by atoms with Crippen LogP contribution >= 0.6 is 0 Å². The van der Waals surface area contributed by atoms with Crippen LogP contribution in [0.5, 0.6) is 0 Å². The molecule has 41 heavy (non-hydrogen) atoms. The normalized spacial score (nSPS) is 17.0. The van der Waals surface area contributed by atoms with E-state index in [1.807, 2.05) is 4.90 Å². The van der Waals surface area contributed by atoms with E-state index >= 15 is 0 Å². The summed E-state index contributed by atoms with van der Waals surface area (Å²) < 4.78 is 78.1. The number of carbonyl (C=O) groups excluding carboxylic acids is 2. The monoisotopic (exact) mass is 587 g/mol. The molecule has 1 N–H and O–H groups in total. The van der Waals surface area contributed by atoms with E-state index in [0.717, 1.165) is 18.2 Å². The lowest BCUT2D eigenvalue weighted by molar-refractivity contribution is -0.388. The average Bonchev–Trinajstić information content (AvgIpc) is 2.92. The molecule has 0 aliphatic carbocycles. The molecule has 2 saturated heterocycles. The lowest BCUT2D eigenvalue weighted by Gasteiger charge is -2.37. The van der Waals surface area contributed by atoms with Gasteiger partial charge in [-0.1, -0.05) is 0 Å². The number of halogens is 6. The highest BCUT2D eigenvalue weighted by atomic mass is 19.4. The number of alkyl halides is 6. The van der Waals surface area contributed by atoms with Crippen LogP contribution in [0.3, 0.4) is 0 Å². The SMILES string of the molecule is O=C(CC(=O)N1CCN(c2ccc(C(F)(F)F)cc2)CC1)N1CCC(Nc2ccc([N+](=O)[O-])c(C(F)(F)F)c2)CC1. The molecule has 222 valence electrons. The number of likely N-dealkylation sites (tertiary alicyclic amines) is 1. The number of piperazine rings is 1. The van der Waals surface area contributed by atoms with Crippen molar-refractivity contribution in [1.29, 1.82) is 0 Å². The van der Waals surface area contributed by atoms with Crippen molar-refractivity contribution in [2.45, 2.75) is 37.7 Å². The van der Waals surface area contributed by atoms with E-state index in [2.05, 4.69) is 5.32 Å². The van der Waals surface area contributed by atoms with E-state index in [1.54, 1.807) is 4.90 Å². The summed E-state index contributed by atoms with van der Waals surface area (Å²) in [7, 11) is 0. The molecule has 4 rings (SSSR count). The smallest absolute Gasteiger partial charge is 0.382 e. The standard InChI is InChI=1S/C26H27F6N5O4/c27-25(28,29)17-1-4-20(5-2-17)34-11-13-36(14-12-34)24(39)16-23(38)35-9-7-18(8-10-35)33-19-3-6-22(37(40)41)21(15-19)26(30,31)32/h1-6,15,18,33H,7-14,16H2. The number of piperidine rings is 1. The van der Waals surface area contributed by atoms with Gasteiger partial charge in [0.25, 0.3) is 5.69 Å². The summed E-state index contributed by atoms with van der Waals surface area (Å²) in [4.78, 5) is 40.3. The van der Waals surface area contributed by atoms with Crippen molar-refractivity contribution in [2.24, 2.45) is 0 Å². The number of rotatable bonds is 6. The Morgan fingerprint density at radius 2 is 1.39 bits per heavy atom. The summed E-state index contributed by atoms with van der Waals surface area (Å²) in [6.45, 7) is 2.00. The van der Waals surface area contributed by atoms with Crippen molar-refractivity contribution in [2.75, 3.05) is 49.5 Å². The van der Waals surface area contributed by atoms with Gasteiger partial charge in [-0.2, -0.15) is 26.3 Å². The van der Waals surface area contributed by atoms with Crippen LogP contribution in [0.2, 0.25) is 0 Å². The highest BCUT2D eigenvalue weighted by Crippen LogP contribution is 2.38. The van der Waals surface area contributed by atoms with Crippen LogP contribution in [0.1, 0.15) is 30.4 Å². The molecular formula is C26H27F6N5O4. The zero-order valence-corrected chi connectivity index (χ0v) is 21.7. The Morgan fingerprint density at radius 3 is 1.90 bits per heavy atom. The molecule has 15 heteroatoms. The van der Waals surface area contributed by atoms with Crippen molar-refractivity contribution in [3.63, 3.8) is 0 Å². The van der Waals surface area contributed by atoms with Crippen molar-refractivity contribution in [3.05, 3.63) is 63.7 Å². The van der Waals surface area contributed by atoms with Gasteiger partial charge < -0.3 is 20.0 Å². The Morgan fingerprint density at radius 1 is 0.829 bits per heavy atom. The Kier molecular flexibility index (Phi) is 8.63. The summed E-state index contributed by atoms with van der Waals surface area (Å²) in [5.74, 6) is -0.721. The van der Waals surface area contributed by atoms with Crippen LogP contribution < -0.4 is 10.2 Å². The summed E-state index contributed by atoms with van der Waals surface area (Å²) in [6, 6.07) is 7.24. The fourth-order valence-electron chi connectivity index (χ4n) is 4.95. The fraction of sp³-hybridized carbons (Fsp3) is 0.462. The molecular weight excluding hydrogens is 560 g/mol. The number of amides is 2. The van der Waals surface area contributed by atoms with E-state index in [-0.39, 0.29) is 43.1 Å². The summed E-state index contributed by atoms with van der Waals surface area (Å²) in [5, 5.41) is 13.9. The first-order valence-corrected chi connectivity index (χ1v) is 12.8. The van der Waals surface area contributed by atoms with Gasteiger partial charge in [0, 0.05) is 62.8 Å². The number of anilines is 2. The van der Waals surface area contributed by atoms with E-state index < -0.39 is 34.1 Å². The second kappa shape index (κ2) is 11.8. The number of hydrogen-bond acceptors (Lipinski definition) is 6. The predicted molar refractivity (Wildman–Crippen MR) is 136 cm³/mol. The predicted octanol–water partition coefficient (Wildman–Crippen LogP) is 4.77. The van der Waals surface area contributed by atoms with Crippen molar-refractivity contribution in [1.82, 2.24) is 9.80 Å². The highest BCUT2D eigenvalue weighted by Gasteiger charge is 2.39. The zero-order valence-electron chi connectivity index (χ0n) is 21.7. The lowest BCUT2D eigenvalue weighted by Crippen LogP contribution is -2.50. The Labute approximate surface area is 230 Å². The Hall–Kier alpha value is -4.04. The van der Waals surface area contributed by atoms with Crippen LogP contribution in [0.25, 0.3) is 0 Å². The summed E-state index contributed by atoms with van der Waals surface area (Å²) >= 11 is 0. The lowest BCUT2D eigenvalue weighted by atomic mass is 10.0. The quantitative estimate of drug-likeness (QED) is 0.226. The van der Waals surface area contributed by atoms with Crippen molar-refractivity contribution in [3.8, 4) is 0 Å². The average molecular weight is 588 g/mol. The maximum absolute atomic E-state index is 13.2. The number of benzene rings is 2. The van der Waals surface area contributed by atoms with E-state index in [4.69, 9.17) is 0 Å². The third kappa shape index (κ3) is 7.38. The maximum Gasteiger partial charge on any atom is 0.423 e. The largest absolute Gasteiger partial charge is 0.423 e. The second-order valence-corrected chi connectivity index (χ2v) is 9.88. The molecule has 0 radical (unpaired) electrons. The molecule has 0 unspecified atom stereocenters. The Balaban J connectivity index is 1.23. The molecule has 2 aliphatic heterocycles. The van der Waals surface area contributed by atoms with E-state index in [0.29, 0.717) is 50.8 Å². The van der Waals surface area contributed by atoms with Crippen LogP contribution in [-0.2, 0) is 21.9 Å². The molecule has 0 saturated carbocycles. The van der Waals surface area contributed by atoms with Crippen LogP contribution in [0, 0.1) is 10.1 Å². The Bertz CT molecular complexity index is 1270. The molecule has 2 fully saturated rings. The third-order valence-corrected chi connectivity index (χ3v) is 7.21. The van der Waals surface area contributed by atoms with Gasteiger partial charge in [0.2, 0.25) is 11.8 Å². The van der Waals surface area contributed by atoms with Gasteiger partial charge in [-0.3, -0.25) is 19.7 Å². The number of nitro benzene ring substituents is 1. The van der Waals surface area contributed by atoms with E-state index in [9.17, 15) is 46.0 Å². The van der Waals surface area contributed by atoms with Gasteiger partial charge in [0.05, 0.1) is 10.5 Å². The molecule has 2 amide bonds. The molecule has 2 aromatic rings. The number of nitrogens with zero attached hydrogens (tertiary/aromatic N) is 4. The highest BCUT2D eigenvalue weighted by molar-refractivity contribution is 5.97. The molecule has 0 aromatic heterocycles. The van der Waals surface area contributed by atoms with Gasteiger partial charge in [-0.05, 0) is 49.2 Å². The number of carbonyl (C=O) groups is 2. The van der Waals surface area contributed by atoms with Gasteiger partial charge in [-0.25, -0.2) is 0 Å². The van der Waals surface area contributed by atoms with Crippen molar-refractivity contribution >= 4 is 28.9 Å². The van der Waals surface area contributed by atoms with Crippen LogP contribution in [0.15, 0.2) is 42.5 Å². The van der Waals surface area contributed by atoms with Gasteiger partial charge in [0.1, 0.15) is 12.0 Å².